The highest BCUT2D eigenvalue weighted by atomic mass is 35.5. The molecule has 28 heavy (non-hydrogen) atoms. The summed E-state index contributed by atoms with van der Waals surface area (Å²) in [5.41, 5.74) is 0.577. The van der Waals surface area contributed by atoms with Crippen LogP contribution in [0.1, 0.15) is 49.9 Å². The van der Waals surface area contributed by atoms with Gasteiger partial charge < -0.3 is 14.8 Å². The highest BCUT2D eigenvalue weighted by Crippen LogP contribution is 2.43. The number of halogens is 1. The van der Waals surface area contributed by atoms with Crippen LogP contribution in [0.2, 0.25) is 5.02 Å². The van der Waals surface area contributed by atoms with Crippen LogP contribution in [0.5, 0.6) is 0 Å². The van der Waals surface area contributed by atoms with Gasteiger partial charge in [-0.2, -0.15) is 0 Å². The van der Waals surface area contributed by atoms with Crippen LogP contribution in [0.25, 0.3) is 0 Å². The highest BCUT2D eigenvalue weighted by molar-refractivity contribution is 8.00. The molecule has 2 fully saturated rings. The van der Waals surface area contributed by atoms with Gasteiger partial charge in [0.15, 0.2) is 0 Å². The fraction of sp³-hybridized carbons (Fsp3) is 0.619. The number of carbonyl (C=O) groups excluding carboxylic acids is 2. The molecule has 1 aromatic carbocycles. The predicted octanol–water partition coefficient (Wildman–Crippen LogP) is 4.32. The molecule has 1 aliphatic carbocycles. The van der Waals surface area contributed by atoms with Gasteiger partial charge >= 0.3 is 11.9 Å². The van der Waals surface area contributed by atoms with E-state index in [2.05, 4.69) is 5.32 Å². The first-order valence-electron chi connectivity index (χ1n) is 10.0. The van der Waals surface area contributed by atoms with Crippen LogP contribution >= 0.6 is 23.4 Å². The van der Waals surface area contributed by atoms with Gasteiger partial charge in [-0.25, -0.2) is 4.79 Å². The van der Waals surface area contributed by atoms with E-state index in [1.54, 1.807) is 30.8 Å². The first-order chi connectivity index (χ1) is 13.5. The van der Waals surface area contributed by atoms with Crippen LogP contribution in [0.15, 0.2) is 23.1 Å². The number of benzene rings is 1. The Bertz CT molecular complexity index is 714. The molecule has 0 aromatic heterocycles. The zero-order valence-corrected chi connectivity index (χ0v) is 18.0. The molecule has 1 N–H and O–H groups in total. The molecule has 0 amide bonds. The number of carbonyl (C=O) groups is 2. The van der Waals surface area contributed by atoms with Gasteiger partial charge in [0.05, 0.1) is 18.8 Å². The van der Waals surface area contributed by atoms with Gasteiger partial charge in [-0.1, -0.05) is 11.6 Å². The van der Waals surface area contributed by atoms with Crippen molar-refractivity contribution in [1.82, 2.24) is 5.32 Å². The van der Waals surface area contributed by atoms with Crippen LogP contribution < -0.4 is 5.32 Å². The smallest absolute Gasteiger partial charge is 0.339 e. The Hall–Kier alpha value is -1.24. The number of nitrogens with one attached hydrogen (secondary N) is 1. The van der Waals surface area contributed by atoms with E-state index in [0.717, 1.165) is 37.1 Å². The monoisotopic (exact) mass is 425 g/mol. The second-order valence-electron chi connectivity index (χ2n) is 7.38. The summed E-state index contributed by atoms with van der Waals surface area (Å²) in [7, 11) is 0. The van der Waals surface area contributed by atoms with Gasteiger partial charge in [0.1, 0.15) is 6.04 Å². The van der Waals surface area contributed by atoms with Gasteiger partial charge in [-0.15, -0.1) is 11.8 Å². The highest BCUT2D eigenvalue weighted by Gasteiger charge is 2.38. The van der Waals surface area contributed by atoms with Gasteiger partial charge in [0.2, 0.25) is 0 Å². The molecule has 154 valence electrons. The summed E-state index contributed by atoms with van der Waals surface area (Å²) < 4.78 is 10.4. The zero-order chi connectivity index (χ0) is 20.1. The van der Waals surface area contributed by atoms with Crippen LogP contribution in [-0.2, 0) is 14.3 Å². The van der Waals surface area contributed by atoms with Crippen LogP contribution in [0, 0.1) is 11.8 Å². The number of hydrogen-bond acceptors (Lipinski definition) is 6. The maximum absolute atomic E-state index is 12.3. The van der Waals surface area contributed by atoms with E-state index < -0.39 is 0 Å². The largest absolute Gasteiger partial charge is 0.465 e. The third kappa shape index (κ3) is 5.22. The second-order valence-corrected chi connectivity index (χ2v) is 9.16. The van der Waals surface area contributed by atoms with E-state index >= 15 is 0 Å². The fourth-order valence-corrected chi connectivity index (χ4v) is 5.87. The van der Waals surface area contributed by atoms with Crippen molar-refractivity contribution in [2.24, 2.45) is 11.8 Å². The molecule has 0 bridgehead atoms. The number of rotatable bonds is 6. The molecule has 1 aromatic rings. The van der Waals surface area contributed by atoms with Crippen molar-refractivity contribution in [1.29, 1.82) is 0 Å². The van der Waals surface area contributed by atoms with Crippen molar-refractivity contribution in [3.05, 3.63) is 28.8 Å². The molecule has 3 rings (SSSR count). The Kier molecular flexibility index (Phi) is 7.66. The number of thioether (sulfide) groups is 1. The molecule has 1 aliphatic heterocycles. The summed E-state index contributed by atoms with van der Waals surface area (Å²) in [6, 6.07) is 5.13. The molecule has 4 atom stereocenters. The lowest BCUT2D eigenvalue weighted by Crippen LogP contribution is -2.50. The average Bonchev–Trinajstić information content (AvgIpc) is 2.68. The van der Waals surface area contributed by atoms with Gasteiger partial charge in [0, 0.05) is 15.2 Å². The molecule has 7 heteroatoms. The zero-order valence-electron chi connectivity index (χ0n) is 16.4. The molecular weight excluding hydrogens is 398 g/mol. The van der Waals surface area contributed by atoms with Crippen molar-refractivity contribution in [3.63, 3.8) is 0 Å². The summed E-state index contributed by atoms with van der Waals surface area (Å²) in [5.74, 6) is 0.647. The minimum Gasteiger partial charge on any atom is -0.465 e. The standard InChI is InChI=1S/C21H28ClNO4S/c1-3-26-20(24)17-8-6-15(22)11-19(17)28-16-7-5-13-12-23-18(10-14(13)9-16)21(25)27-4-2/h6,8,11,13-14,16,18,23H,3-5,7,9-10,12H2,1-2H3/t13-,14-,16-,18-/m0/s1. The predicted molar refractivity (Wildman–Crippen MR) is 111 cm³/mol. The molecule has 1 saturated carbocycles. The van der Waals surface area contributed by atoms with Crippen molar-refractivity contribution in [2.75, 3.05) is 19.8 Å². The van der Waals surface area contributed by atoms with Crippen LogP contribution in [0.4, 0.5) is 0 Å². The Morgan fingerprint density at radius 2 is 1.93 bits per heavy atom. The number of fused-ring (bicyclic) bond motifs is 1. The van der Waals surface area contributed by atoms with Gasteiger partial charge in [-0.05, 0) is 76.1 Å². The summed E-state index contributed by atoms with van der Waals surface area (Å²) >= 11 is 7.90. The maximum atomic E-state index is 12.3. The topological polar surface area (TPSA) is 64.6 Å². The molecule has 1 heterocycles. The van der Waals surface area contributed by atoms with E-state index in [0.29, 0.717) is 40.9 Å². The normalized spacial score (nSPS) is 27.0. The minimum absolute atomic E-state index is 0.143. The number of piperidine rings is 1. The van der Waals surface area contributed by atoms with E-state index in [9.17, 15) is 9.59 Å². The summed E-state index contributed by atoms with van der Waals surface area (Å²) in [5, 5.41) is 4.37. The number of ether oxygens (including phenoxy) is 2. The minimum atomic E-state index is -0.306. The lowest BCUT2D eigenvalue weighted by molar-refractivity contribution is -0.147. The van der Waals surface area contributed by atoms with E-state index in [-0.39, 0.29) is 18.0 Å². The molecule has 0 spiro atoms. The van der Waals surface area contributed by atoms with Crippen molar-refractivity contribution < 1.29 is 19.1 Å². The first kappa shape index (κ1) is 21.5. The van der Waals surface area contributed by atoms with Crippen molar-refractivity contribution in [3.8, 4) is 0 Å². The summed E-state index contributed by atoms with van der Waals surface area (Å²) in [6.07, 6.45) is 4.06. The van der Waals surface area contributed by atoms with Crippen LogP contribution in [0.3, 0.4) is 0 Å². The van der Waals surface area contributed by atoms with Gasteiger partial charge in [-0.3, -0.25) is 4.79 Å². The second kappa shape index (κ2) is 9.99. The van der Waals surface area contributed by atoms with E-state index in [1.807, 2.05) is 13.0 Å². The summed E-state index contributed by atoms with van der Waals surface area (Å²) in [4.78, 5) is 25.3. The molecule has 0 unspecified atom stereocenters. The third-order valence-corrected chi connectivity index (χ3v) is 7.15. The Morgan fingerprint density at radius 3 is 2.68 bits per heavy atom. The Morgan fingerprint density at radius 1 is 1.14 bits per heavy atom. The van der Waals surface area contributed by atoms with Crippen molar-refractivity contribution >= 4 is 35.3 Å². The number of hydrogen-bond donors (Lipinski definition) is 1. The van der Waals surface area contributed by atoms with E-state index in [1.165, 1.54) is 0 Å². The number of esters is 2. The van der Waals surface area contributed by atoms with Crippen molar-refractivity contribution in [2.45, 2.75) is 55.7 Å². The maximum Gasteiger partial charge on any atom is 0.339 e. The quantitative estimate of drug-likeness (QED) is 0.685. The van der Waals surface area contributed by atoms with E-state index in [4.69, 9.17) is 21.1 Å². The first-order valence-corrected chi connectivity index (χ1v) is 11.3. The Balaban J connectivity index is 1.67. The third-order valence-electron chi connectivity index (χ3n) is 5.56. The fourth-order valence-electron chi connectivity index (χ4n) is 4.20. The molecule has 1 saturated heterocycles. The Labute approximate surface area is 175 Å². The van der Waals surface area contributed by atoms with Crippen LogP contribution in [-0.4, -0.2) is 43.0 Å². The lowest BCUT2D eigenvalue weighted by atomic mass is 9.73. The molecule has 0 radical (unpaired) electrons. The molecular formula is C21H28ClNO4S. The SMILES string of the molecule is CCOC(=O)c1ccc(Cl)cc1S[C@H]1CC[C@H]2CN[C@H](C(=O)OCC)C[C@@H]2C1. The molecule has 2 aliphatic rings. The van der Waals surface area contributed by atoms with Gasteiger partial charge in [0.25, 0.3) is 0 Å². The lowest BCUT2D eigenvalue weighted by Gasteiger charge is -2.41. The summed E-state index contributed by atoms with van der Waals surface area (Å²) in [6.45, 7) is 5.27. The molecule has 5 nitrogen and oxygen atoms in total. The average molecular weight is 426 g/mol.